The molecule has 122 valence electrons. The molecular formula is C17H31ClN2O. The molecule has 1 saturated heterocycles. The van der Waals surface area contributed by atoms with Gasteiger partial charge in [-0.25, -0.2) is 0 Å². The highest BCUT2D eigenvalue weighted by Gasteiger charge is 2.50. The lowest BCUT2D eigenvalue weighted by Crippen LogP contribution is -2.50. The van der Waals surface area contributed by atoms with Gasteiger partial charge in [-0.15, -0.1) is 12.4 Å². The molecule has 1 aliphatic heterocycles. The quantitative estimate of drug-likeness (QED) is 0.870. The van der Waals surface area contributed by atoms with Crippen molar-refractivity contribution in [2.24, 2.45) is 35.3 Å². The lowest BCUT2D eigenvalue weighted by molar-refractivity contribution is -0.139. The topological polar surface area (TPSA) is 46.3 Å². The number of nitrogens with zero attached hydrogens (tertiary/aromatic N) is 1. The molecule has 0 aromatic heterocycles. The number of halogens is 1. The molecule has 2 saturated carbocycles. The molecule has 3 fully saturated rings. The summed E-state index contributed by atoms with van der Waals surface area (Å²) in [6.07, 6.45) is 7.43. The van der Waals surface area contributed by atoms with Gasteiger partial charge in [-0.1, -0.05) is 13.8 Å². The van der Waals surface area contributed by atoms with Gasteiger partial charge in [-0.05, 0) is 62.2 Å². The van der Waals surface area contributed by atoms with Crippen LogP contribution in [0.2, 0.25) is 0 Å². The molecule has 0 spiro atoms. The van der Waals surface area contributed by atoms with Crippen LogP contribution >= 0.6 is 12.4 Å². The molecule has 1 amide bonds. The molecule has 5 unspecified atom stereocenters. The van der Waals surface area contributed by atoms with Crippen molar-refractivity contribution in [1.82, 2.24) is 4.90 Å². The summed E-state index contributed by atoms with van der Waals surface area (Å²) in [7, 11) is 0. The monoisotopic (exact) mass is 314 g/mol. The van der Waals surface area contributed by atoms with Crippen LogP contribution in [0.1, 0.15) is 52.4 Å². The van der Waals surface area contributed by atoms with Gasteiger partial charge in [0.2, 0.25) is 5.91 Å². The number of hydrogen-bond acceptors (Lipinski definition) is 2. The first-order chi connectivity index (χ1) is 9.56. The first-order valence-corrected chi connectivity index (χ1v) is 8.60. The molecule has 0 radical (unpaired) electrons. The first kappa shape index (κ1) is 17.1. The molecular weight excluding hydrogens is 284 g/mol. The van der Waals surface area contributed by atoms with Gasteiger partial charge >= 0.3 is 0 Å². The van der Waals surface area contributed by atoms with Crippen molar-refractivity contribution in [2.75, 3.05) is 13.1 Å². The van der Waals surface area contributed by atoms with Crippen LogP contribution in [-0.4, -0.2) is 29.9 Å². The number of rotatable bonds is 3. The van der Waals surface area contributed by atoms with Crippen molar-refractivity contribution < 1.29 is 4.79 Å². The molecule has 21 heavy (non-hydrogen) atoms. The zero-order chi connectivity index (χ0) is 14.3. The molecule has 2 N–H and O–H groups in total. The Morgan fingerprint density at radius 2 is 1.95 bits per heavy atom. The Morgan fingerprint density at radius 3 is 2.57 bits per heavy atom. The van der Waals surface area contributed by atoms with Crippen LogP contribution in [0.25, 0.3) is 0 Å². The van der Waals surface area contributed by atoms with Gasteiger partial charge in [0.25, 0.3) is 0 Å². The Balaban J connectivity index is 0.00000161. The fourth-order valence-electron chi connectivity index (χ4n) is 5.04. The standard InChI is InChI=1S/C17H30N2O.ClH/c1-11(2)8-12-4-3-7-19(10-12)17(20)15-13-5-6-14(9-13)16(15)18;/h11-16H,3-10,18H2,1-2H3;1H. The third-order valence-corrected chi connectivity index (χ3v) is 5.90. The molecule has 3 rings (SSSR count). The number of carbonyl (C=O) groups excluding carboxylic acids is 1. The number of nitrogens with two attached hydrogens (primary N) is 1. The largest absolute Gasteiger partial charge is 0.342 e. The van der Waals surface area contributed by atoms with Crippen LogP contribution in [0.3, 0.4) is 0 Å². The van der Waals surface area contributed by atoms with E-state index in [4.69, 9.17) is 5.73 Å². The summed E-state index contributed by atoms with van der Waals surface area (Å²) >= 11 is 0. The van der Waals surface area contributed by atoms with E-state index in [0.29, 0.717) is 23.7 Å². The molecule has 2 bridgehead atoms. The van der Waals surface area contributed by atoms with E-state index >= 15 is 0 Å². The van der Waals surface area contributed by atoms with Crippen molar-refractivity contribution in [2.45, 2.75) is 58.4 Å². The average Bonchev–Trinajstić information content (AvgIpc) is 2.98. The minimum absolute atomic E-state index is 0. The summed E-state index contributed by atoms with van der Waals surface area (Å²) in [5.41, 5.74) is 6.34. The summed E-state index contributed by atoms with van der Waals surface area (Å²) in [5.74, 6) is 3.20. The van der Waals surface area contributed by atoms with Gasteiger partial charge < -0.3 is 10.6 Å². The summed E-state index contributed by atoms with van der Waals surface area (Å²) in [5, 5.41) is 0. The number of likely N-dealkylation sites (tertiary alicyclic amines) is 1. The minimum Gasteiger partial charge on any atom is -0.342 e. The Hall–Kier alpha value is -0.280. The third-order valence-electron chi connectivity index (χ3n) is 5.90. The smallest absolute Gasteiger partial charge is 0.227 e. The summed E-state index contributed by atoms with van der Waals surface area (Å²) < 4.78 is 0. The van der Waals surface area contributed by atoms with E-state index in [1.165, 1.54) is 38.5 Å². The van der Waals surface area contributed by atoms with E-state index in [2.05, 4.69) is 18.7 Å². The number of hydrogen-bond donors (Lipinski definition) is 1. The third kappa shape index (κ3) is 3.39. The molecule has 3 nitrogen and oxygen atoms in total. The van der Waals surface area contributed by atoms with Crippen LogP contribution in [0.5, 0.6) is 0 Å². The predicted molar refractivity (Wildman–Crippen MR) is 88.3 cm³/mol. The highest BCUT2D eigenvalue weighted by Crippen LogP contribution is 2.48. The number of fused-ring (bicyclic) bond motifs is 2. The van der Waals surface area contributed by atoms with Gasteiger partial charge in [0.1, 0.15) is 0 Å². The maximum Gasteiger partial charge on any atom is 0.227 e. The van der Waals surface area contributed by atoms with Gasteiger partial charge in [-0.3, -0.25) is 4.79 Å². The molecule has 2 aliphatic carbocycles. The normalized spacial score (nSPS) is 38.7. The second kappa shape index (κ2) is 6.87. The Morgan fingerprint density at radius 1 is 1.24 bits per heavy atom. The zero-order valence-electron chi connectivity index (χ0n) is 13.5. The van der Waals surface area contributed by atoms with E-state index in [1.807, 2.05) is 0 Å². The van der Waals surface area contributed by atoms with Crippen LogP contribution < -0.4 is 5.73 Å². The second-order valence-electron chi connectivity index (χ2n) is 7.86. The minimum atomic E-state index is 0. The molecule has 1 heterocycles. The highest BCUT2D eigenvalue weighted by atomic mass is 35.5. The van der Waals surface area contributed by atoms with E-state index in [1.54, 1.807) is 0 Å². The van der Waals surface area contributed by atoms with Gasteiger partial charge in [-0.2, -0.15) is 0 Å². The van der Waals surface area contributed by atoms with Crippen LogP contribution in [0.15, 0.2) is 0 Å². The fraction of sp³-hybridized carbons (Fsp3) is 0.941. The van der Waals surface area contributed by atoms with Crippen LogP contribution in [-0.2, 0) is 4.79 Å². The van der Waals surface area contributed by atoms with Crippen LogP contribution in [0.4, 0.5) is 0 Å². The molecule has 0 aromatic rings. The lowest BCUT2D eigenvalue weighted by Gasteiger charge is -2.38. The summed E-state index contributed by atoms with van der Waals surface area (Å²) in [6.45, 7) is 6.52. The van der Waals surface area contributed by atoms with E-state index in [9.17, 15) is 4.79 Å². The van der Waals surface area contributed by atoms with Gasteiger partial charge in [0.05, 0.1) is 5.92 Å². The highest BCUT2D eigenvalue weighted by molar-refractivity contribution is 5.85. The maximum absolute atomic E-state index is 12.9. The fourth-order valence-corrected chi connectivity index (χ4v) is 5.04. The lowest BCUT2D eigenvalue weighted by atomic mass is 9.82. The van der Waals surface area contributed by atoms with Crippen molar-refractivity contribution in [3.8, 4) is 0 Å². The molecule has 4 heteroatoms. The van der Waals surface area contributed by atoms with Gasteiger partial charge in [0, 0.05) is 19.1 Å². The Bertz CT molecular complexity index is 372. The molecule has 0 aromatic carbocycles. The molecule has 3 aliphatic rings. The number of amides is 1. The van der Waals surface area contributed by atoms with E-state index in [0.717, 1.165) is 19.0 Å². The predicted octanol–water partition coefficient (Wildman–Crippen LogP) is 3.07. The Kier molecular flexibility index (Phi) is 5.59. The number of piperidine rings is 1. The Labute approximate surface area is 135 Å². The first-order valence-electron chi connectivity index (χ1n) is 8.60. The van der Waals surface area contributed by atoms with Crippen molar-refractivity contribution in [3.05, 3.63) is 0 Å². The summed E-state index contributed by atoms with van der Waals surface area (Å²) in [6, 6.07) is 0.145. The number of carbonyl (C=O) groups is 1. The average molecular weight is 315 g/mol. The van der Waals surface area contributed by atoms with E-state index in [-0.39, 0.29) is 24.4 Å². The summed E-state index contributed by atoms with van der Waals surface area (Å²) in [4.78, 5) is 15.0. The van der Waals surface area contributed by atoms with E-state index < -0.39 is 0 Å². The van der Waals surface area contributed by atoms with Gasteiger partial charge in [0.15, 0.2) is 0 Å². The van der Waals surface area contributed by atoms with Crippen molar-refractivity contribution in [3.63, 3.8) is 0 Å². The molecule has 5 atom stereocenters. The van der Waals surface area contributed by atoms with Crippen molar-refractivity contribution in [1.29, 1.82) is 0 Å². The SMILES string of the molecule is CC(C)CC1CCCN(C(=O)C2C3CCC(C3)C2N)C1.Cl. The zero-order valence-corrected chi connectivity index (χ0v) is 14.3. The van der Waals surface area contributed by atoms with Crippen LogP contribution in [0, 0.1) is 29.6 Å². The van der Waals surface area contributed by atoms with Crippen molar-refractivity contribution >= 4 is 18.3 Å². The second-order valence-corrected chi connectivity index (χ2v) is 7.86. The maximum atomic E-state index is 12.9.